The van der Waals surface area contributed by atoms with E-state index in [1.165, 1.54) is 0 Å². The van der Waals surface area contributed by atoms with Gasteiger partial charge in [0.1, 0.15) is 5.69 Å². The van der Waals surface area contributed by atoms with Crippen LogP contribution in [0.5, 0.6) is 0 Å². The van der Waals surface area contributed by atoms with Crippen molar-refractivity contribution >= 4 is 17.4 Å². The van der Waals surface area contributed by atoms with E-state index in [0.717, 1.165) is 17.8 Å². The summed E-state index contributed by atoms with van der Waals surface area (Å²) in [5.74, 6) is 0.682. The molecule has 0 amide bonds. The SMILES string of the molecule is CCC(Cl)c1cn(Cc2cn3cccnc3n2)nn1. The van der Waals surface area contributed by atoms with E-state index in [2.05, 4.69) is 20.3 Å². The van der Waals surface area contributed by atoms with Gasteiger partial charge in [0.25, 0.3) is 0 Å². The van der Waals surface area contributed by atoms with Gasteiger partial charge in [-0.15, -0.1) is 16.7 Å². The molecule has 0 saturated carbocycles. The first-order valence-electron chi connectivity index (χ1n) is 6.09. The van der Waals surface area contributed by atoms with Crippen molar-refractivity contribution in [3.05, 3.63) is 42.2 Å². The van der Waals surface area contributed by atoms with Crippen LogP contribution >= 0.6 is 11.6 Å². The number of hydrogen-bond donors (Lipinski definition) is 0. The van der Waals surface area contributed by atoms with Crippen molar-refractivity contribution < 1.29 is 0 Å². The molecule has 3 rings (SSSR count). The molecule has 0 aliphatic heterocycles. The van der Waals surface area contributed by atoms with E-state index < -0.39 is 0 Å². The second-order valence-corrected chi connectivity index (χ2v) is 4.80. The molecular weight excluding hydrogens is 264 g/mol. The average Bonchev–Trinajstić information content (AvgIpc) is 3.04. The average molecular weight is 277 g/mol. The molecule has 3 heterocycles. The molecule has 3 aromatic rings. The van der Waals surface area contributed by atoms with Crippen LogP contribution in [0.2, 0.25) is 0 Å². The minimum absolute atomic E-state index is 0.0866. The van der Waals surface area contributed by atoms with Crippen LogP contribution in [0, 0.1) is 0 Å². The van der Waals surface area contributed by atoms with Crippen molar-refractivity contribution in [2.45, 2.75) is 25.3 Å². The van der Waals surface area contributed by atoms with Crippen molar-refractivity contribution in [1.29, 1.82) is 0 Å². The lowest BCUT2D eigenvalue weighted by Gasteiger charge is -1.98. The largest absolute Gasteiger partial charge is 0.291 e. The summed E-state index contributed by atoms with van der Waals surface area (Å²) < 4.78 is 3.62. The Labute approximate surface area is 115 Å². The first-order valence-corrected chi connectivity index (χ1v) is 6.52. The highest BCUT2D eigenvalue weighted by molar-refractivity contribution is 6.20. The van der Waals surface area contributed by atoms with Gasteiger partial charge in [0.2, 0.25) is 5.78 Å². The highest BCUT2D eigenvalue weighted by Crippen LogP contribution is 2.20. The summed E-state index contributed by atoms with van der Waals surface area (Å²) in [5.41, 5.74) is 1.68. The van der Waals surface area contributed by atoms with Gasteiger partial charge in [-0.3, -0.25) is 4.40 Å². The third-order valence-corrected chi connectivity index (χ3v) is 3.38. The fraction of sp³-hybridized carbons (Fsp3) is 0.333. The van der Waals surface area contributed by atoms with E-state index in [4.69, 9.17) is 11.6 Å². The predicted molar refractivity (Wildman–Crippen MR) is 71.0 cm³/mol. The maximum absolute atomic E-state index is 6.13. The second kappa shape index (κ2) is 4.97. The highest BCUT2D eigenvalue weighted by atomic mass is 35.5. The summed E-state index contributed by atoms with van der Waals surface area (Å²) in [4.78, 5) is 8.59. The van der Waals surface area contributed by atoms with Crippen LogP contribution in [0.1, 0.15) is 30.1 Å². The minimum Gasteiger partial charge on any atom is -0.291 e. The molecule has 0 aliphatic rings. The minimum atomic E-state index is -0.0866. The Morgan fingerprint density at radius 2 is 2.26 bits per heavy atom. The van der Waals surface area contributed by atoms with Crippen LogP contribution in [0.25, 0.3) is 5.78 Å². The monoisotopic (exact) mass is 276 g/mol. The summed E-state index contributed by atoms with van der Waals surface area (Å²) >= 11 is 6.13. The molecule has 6 nitrogen and oxygen atoms in total. The Morgan fingerprint density at radius 1 is 1.37 bits per heavy atom. The lowest BCUT2D eigenvalue weighted by molar-refractivity contribution is 0.640. The van der Waals surface area contributed by atoms with Gasteiger partial charge in [-0.2, -0.15) is 0 Å². The summed E-state index contributed by atoms with van der Waals surface area (Å²) in [5, 5.41) is 8.04. The molecule has 0 fully saturated rings. The third-order valence-electron chi connectivity index (χ3n) is 2.85. The number of fused-ring (bicyclic) bond motifs is 1. The molecule has 0 N–H and O–H groups in total. The summed E-state index contributed by atoms with van der Waals surface area (Å²) in [6.07, 6.45) is 8.26. The molecule has 0 aromatic carbocycles. The van der Waals surface area contributed by atoms with Crippen molar-refractivity contribution in [3.63, 3.8) is 0 Å². The van der Waals surface area contributed by atoms with E-state index in [1.54, 1.807) is 10.9 Å². The van der Waals surface area contributed by atoms with E-state index in [1.807, 2.05) is 36.0 Å². The molecule has 7 heteroatoms. The van der Waals surface area contributed by atoms with Crippen molar-refractivity contribution in [2.75, 3.05) is 0 Å². The number of halogens is 1. The Morgan fingerprint density at radius 3 is 3.05 bits per heavy atom. The van der Waals surface area contributed by atoms with Crippen LogP contribution in [0.4, 0.5) is 0 Å². The van der Waals surface area contributed by atoms with E-state index >= 15 is 0 Å². The molecule has 19 heavy (non-hydrogen) atoms. The molecule has 0 aliphatic carbocycles. The van der Waals surface area contributed by atoms with Gasteiger partial charge in [0, 0.05) is 18.6 Å². The lowest BCUT2D eigenvalue weighted by Crippen LogP contribution is -2.00. The molecule has 0 bridgehead atoms. The fourth-order valence-electron chi connectivity index (χ4n) is 1.86. The standard InChI is InChI=1S/C12H13ClN6/c1-2-10(13)11-8-19(17-16-11)7-9-6-18-5-3-4-14-12(18)15-9/h3-6,8,10H,2,7H2,1H3. The first kappa shape index (κ1) is 12.1. The Kier molecular flexibility index (Phi) is 3.16. The maximum Gasteiger partial charge on any atom is 0.233 e. The quantitative estimate of drug-likeness (QED) is 0.684. The summed E-state index contributed by atoms with van der Waals surface area (Å²) in [7, 11) is 0. The van der Waals surface area contributed by atoms with Crippen molar-refractivity contribution in [1.82, 2.24) is 29.4 Å². The topological polar surface area (TPSA) is 60.9 Å². The zero-order valence-corrected chi connectivity index (χ0v) is 11.2. The van der Waals surface area contributed by atoms with Crippen molar-refractivity contribution in [2.24, 2.45) is 0 Å². The zero-order chi connectivity index (χ0) is 13.2. The smallest absolute Gasteiger partial charge is 0.233 e. The van der Waals surface area contributed by atoms with Gasteiger partial charge in [0.05, 0.1) is 23.8 Å². The number of rotatable bonds is 4. The van der Waals surface area contributed by atoms with Gasteiger partial charge < -0.3 is 0 Å². The molecule has 98 valence electrons. The third kappa shape index (κ3) is 2.44. The van der Waals surface area contributed by atoms with Crippen LogP contribution in [-0.4, -0.2) is 29.4 Å². The van der Waals surface area contributed by atoms with Gasteiger partial charge in [-0.05, 0) is 12.5 Å². The van der Waals surface area contributed by atoms with E-state index in [0.29, 0.717) is 12.3 Å². The van der Waals surface area contributed by atoms with E-state index in [-0.39, 0.29) is 5.38 Å². The summed E-state index contributed by atoms with van der Waals surface area (Å²) in [6.45, 7) is 2.58. The van der Waals surface area contributed by atoms with Crippen LogP contribution in [-0.2, 0) is 6.54 Å². The van der Waals surface area contributed by atoms with Crippen molar-refractivity contribution in [3.8, 4) is 0 Å². The van der Waals surface area contributed by atoms with Crippen LogP contribution in [0.15, 0.2) is 30.9 Å². The normalized spacial score (nSPS) is 12.9. The Bertz CT molecular complexity index is 655. The number of nitrogens with zero attached hydrogens (tertiary/aromatic N) is 6. The Balaban J connectivity index is 1.82. The molecular formula is C12H13ClN6. The number of alkyl halides is 1. The van der Waals surface area contributed by atoms with Gasteiger partial charge in [0.15, 0.2) is 0 Å². The zero-order valence-electron chi connectivity index (χ0n) is 10.4. The lowest BCUT2D eigenvalue weighted by atomic mass is 10.3. The molecule has 0 saturated heterocycles. The molecule has 1 unspecified atom stereocenters. The molecule has 1 atom stereocenters. The number of imidazole rings is 1. The molecule has 3 aromatic heterocycles. The summed E-state index contributed by atoms with van der Waals surface area (Å²) in [6, 6.07) is 1.87. The van der Waals surface area contributed by atoms with Gasteiger partial charge >= 0.3 is 0 Å². The number of aromatic nitrogens is 6. The van der Waals surface area contributed by atoms with E-state index in [9.17, 15) is 0 Å². The second-order valence-electron chi connectivity index (χ2n) is 4.28. The van der Waals surface area contributed by atoms with Crippen LogP contribution in [0.3, 0.4) is 0 Å². The first-order chi connectivity index (χ1) is 9.26. The molecule has 0 radical (unpaired) electrons. The van der Waals surface area contributed by atoms with Gasteiger partial charge in [-0.25, -0.2) is 14.6 Å². The highest BCUT2D eigenvalue weighted by Gasteiger charge is 2.11. The number of hydrogen-bond acceptors (Lipinski definition) is 4. The van der Waals surface area contributed by atoms with Crippen LogP contribution < -0.4 is 0 Å². The Hall–Kier alpha value is -1.95. The maximum atomic E-state index is 6.13. The molecule has 0 spiro atoms. The fourth-order valence-corrected chi connectivity index (χ4v) is 1.96. The predicted octanol–water partition coefficient (Wildman–Crippen LogP) is 2.06. The van der Waals surface area contributed by atoms with Gasteiger partial charge in [-0.1, -0.05) is 12.1 Å².